The number of carbonyl (C=O) groups excluding carboxylic acids is 1. The highest BCUT2D eigenvalue weighted by atomic mass is 16.3. The molecule has 0 saturated carbocycles. The molecule has 0 aliphatic carbocycles. The molecule has 2 aliphatic rings. The van der Waals surface area contributed by atoms with Crippen molar-refractivity contribution in [1.29, 1.82) is 0 Å². The molecule has 2 aliphatic heterocycles. The topological polar surface area (TPSA) is 68.6 Å². The zero-order valence-electron chi connectivity index (χ0n) is 14.1. The first kappa shape index (κ1) is 15.3. The molecule has 0 N–H and O–H groups in total. The highest BCUT2D eigenvalue weighted by molar-refractivity contribution is 5.91. The van der Waals surface area contributed by atoms with Crippen molar-refractivity contribution in [3.8, 4) is 11.3 Å². The van der Waals surface area contributed by atoms with Crippen LogP contribution in [0.3, 0.4) is 0 Å². The quantitative estimate of drug-likeness (QED) is 0.713. The van der Waals surface area contributed by atoms with Crippen LogP contribution in [-0.2, 0) is 6.54 Å². The van der Waals surface area contributed by atoms with Crippen LogP contribution in [0.15, 0.2) is 62.6 Å². The number of aromatic nitrogens is 1. The van der Waals surface area contributed by atoms with Gasteiger partial charge in [0.1, 0.15) is 5.76 Å². The number of amides is 1. The first-order chi connectivity index (χ1) is 12.7. The molecule has 26 heavy (non-hydrogen) atoms. The Morgan fingerprint density at radius 2 is 1.85 bits per heavy atom. The van der Waals surface area contributed by atoms with E-state index < -0.39 is 0 Å². The maximum atomic E-state index is 13.0. The van der Waals surface area contributed by atoms with Crippen molar-refractivity contribution < 1.29 is 13.6 Å². The van der Waals surface area contributed by atoms with Crippen LogP contribution in [-0.4, -0.2) is 28.5 Å². The summed E-state index contributed by atoms with van der Waals surface area (Å²) >= 11 is 0. The van der Waals surface area contributed by atoms with Gasteiger partial charge in [-0.1, -0.05) is 0 Å². The largest absolute Gasteiger partial charge is 0.464 e. The van der Waals surface area contributed by atoms with E-state index in [1.54, 1.807) is 30.5 Å². The Bertz CT molecular complexity index is 1000. The molecule has 0 radical (unpaired) electrons. The Labute approximate surface area is 149 Å². The fourth-order valence-corrected chi connectivity index (χ4v) is 4.29. The van der Waals surface area contributed by atoms with E-state index in [9.17, 15) is 9.59 Å². The second kappa shape index (κ2) is 5.76. The number of nitrogens with zero attached hydrogens (tertiary/aromatic N) is 2. The molecule has 2 bridgehead atoms. The summed E-state index contributed by atoms with van der Waals surface area (Å²) in [6.45, 7) is 1.88. The zero-order chi connectivity index (χ0) is 17.7. The number of fused-ring (bicyclic) bond motifs is 4. The van der Waals surface area contributed by atoms with Crippen molar-refractivity contribution >= 4 is 5.91 Å². The normalized spacial score (nSPS) is 21.5. The van der Waals surface area contributed by atoms with E-state index in [1.807, 2.05) is 21.6 Å². The number of carbonyl (C=O) groups is 1. The molecule has 132 valence electrons. The highest BCUT2D eigenvalue weighted by Crippen LogP contribution is 2.36. The number of hydrogen-bond acceptors (Lipinski definition) is 4. The highest BCUT2D eigenvalue weighted by Gasteiger charge is 2.37. The van der Waals surface area contributed by atoms with Crippen molar-refractivity contribution in [2.45, 2.75) is 18.9 Å². The summed E-state index contributed by atoms with van der Waals surface area (Å²) < 4.78 is 12.5. The van der Waals surface area contributed by atoms with Crippen molar-refractivity contribution in [2.24, 2.45) is 5.92 Å². The lowest BCUT2D eigenvalue weighted by atomic mass is 9.83. The van der Waals surface area contributed by atoms with Crippen LogP contribution < -0.4 is 5.56 Å². The molecule has 5 heterocycles. The molecule has 6 heteroatoms. The Morgan fingerprint density at radius 3 is 2.62 bits per heavy atom. The fraction of sp³-hybridized carbons (Fsp3) is 0.300. The van der Waals surface area contributed by atoms with Gasteiger partial charge in [-0.2, -0.15) is 0 Å². The van der Waals surface area contributed by atoms with Crippen LogP contribution in [0, 0.1) is 5.92 Å². The summed E-state index contributed by atoms with van der Waals surface area (Å²) in [4.78, 5) is 27.4. The van der Waals surface area contributed by atoms with Crippen LogP contribution in [0.4, 0.5) is 0 Å². The van der Waals surface area contributed by atoms with Crippen LogP contribution in [0.1, 0.15) is 28.6 Å². The Balaban J connectivity index is 1.49. The molecule has 0 spiro atoms. The van der Waals surface area contributed by atoms with Crippen molar-refractivity contribution in [3.05, 3.63) is 70.7 Å². The molecule has 5 rings (SSSR count). The van der Waals surface area contributed by atoms with Gasteiger partial charge in [0.05, 0.1) is 18.1 Å². The maximum Gasteiger partial charge on any atom is 0.289 e. The zero-order valence-corrected chi connectivity index (χ0v) is 14.1. The summed E-state index contributed by atoms with van der Waals surface area (Å²) in [7, 11) is 0. The van der Waals surface area contributed by atoms with Gasteiger partial charge in [-0.25, -0.2) is 0 Å². The van der Waals surface area contributed by atoms with Gasteiger partial charge in [0.2, 0.25) is 0 Å². The monoisotopic (exact) mass is 350 g/mol. The molecule has 2 unspecified atom stereocenters. The number of rotatable bonds is 2. The number of hydrogen-bond donors (Lipinski definition) is 0. The van der Waals surface area contributed by atoms with E-state index in [2.05, 4.69) is 0 Å². The molecule has 3 aromatic rings. The fourth-order valence-electron chi connectivity index (χ4n) is 4.29. The minimum absolute atomic E-state index is 0.0158. The van der Waals surface area contributed by atoms with E-state index in [1.165, 1.54) is 6.26 Å². The molecule has 1 fully saturated rings. The number of pyridine rings is 1. The lowest BCUT2D eigenvalue weighted by molar-refractivity contribution is 0.0564. The van der Waals surface area contributed by atoms with E-state index in [0.717, 1.165) is 12.1 Å². The summed E-state index contributed by atoms with van der Waals surface area (Å²) in [5, 5.41) is 0. The van der Waals surface area contributed by atoms with Crippen molar-refractivity contribution in [1.82, 2.24) is 9.47 Å². The van der Waals surface area contributed by atoms with Gasteiger partial charge in [-0.05, 0) is 48.7 Å². The van der Waals surface area contributed by atoms with E-state index in [0.29, 0.717) is 36.7 Å². The third kappa shape index (κ3) is 2.33. The Morgan fingerprint density at radius 1 is 1.00 bits per heavy atom. The first-order valence-corrected chi connectivity index (χ1v) is 8.81. The number of furan rings is 2. The van der Waals surface area contributed by atoms with E-state index >= 15 is 0 Å². The SMILES string of the molecule is O=C(c1ccco1)N1CC2CC(C1)c1ccc(-c3ccco3)c(=O)n1C2. The molecule has 2 atom stereocenters. The predicted octanol–water partition coefficient (Wildman–Crippen LogP) is 2.96. The van der Waals surface area contributed by atoms with Gasteiger partial charge in [0.25, 0.3) is 11.5 Å². The first-order valence-electron chi connectivity index (χ1n) is 8.81. The third-order valence-corrected chi connectivity index (χ3v) is 5.41. The summed E-state index contributed by atoms with van der Waals surface area (Å²) in [5.41, 5.74) is 1.57. The molecule has 3 aromatic heterocycles. The summed E-state index contributed by atoms with van der Waals surface area (Å²) in [6.07, 6.45) is 4.09. The van der Waals surface area contributed by atoms with Crippen LogP contribution in [0.2, 0.25) is 0 Å². The molecular weight excluding hydrogens is 332 g/mol. The average Bonchev–Trinajstić information content (AvgIpc) is 3.36. The second-order valence-corrected chi connectivity index (χ2v) is 7.05. The third-order valence-electron chi connectivity index (χ3n) is 5.41. The minimum Gasteiger partial charge on any atom is -0.464 e. The van der Waals surface area contributed by atoms with Gasteiger partial charge in [-0.15, -0.1) is 0 Å². The van der Waals surface area contributed by atoms with Gasteiger partial charge in [-0.3, -0.25) is 9.59 Å². The molecular formula is C20H18N2O4. The smallest absolute Gasteiger partial charge is 0.289 e. The van der Waals surface area contributed by atoms with Crippen LogP contribution in [0.5, 0.6) is 0 Å². The Hall–Kier alpha value is -3.02. The lowest BCUT2D eigenvalue weighted by Gasteiger charge is -2.42. The molecule has 6 nitrogen and oxygen atoms in total. The minimum atomic E-state index is -0.0762. The second-order valence-electron chi connectivity index (χ2n) is 7.05. The summed E-state index contributed by atoms with van der Waals surface area (Å²) in [6, 6.07) is 10.8. The van der Waals surface area contributed by atoms with E-state index in [-0.39, 0.29) is 23.3 Å². The average molecular weight is 350 g/mol. The van der Waals surface area contributed by atoms with Gasteiger partial charge < -0.3 is 18.3 Å². The van der Waals surface area contributed by atoms with Crippen molar-refractivity contribution in [3.63, 3.8) is 0 Å². The molecule has 1 amide bonds. The lowest BCUT2D eigenvalue weighted by Crippen LogP contribution is -2.49. The predicted molar refractivity (Wildman–Crippen MR) is 93.9 cm³/mol. The molecule has 1 saturated heterocycles. The summed E-state index contributed by atoms with van der Waals surface area (Å²) in [5.74, 6) is 1.32. The van der Waals surface area contributed by atoms with Crippen LogP contribution in [0.25, 0.3) is 11.3 Å². The molecule has 0 aromatic carbocycles. The number of likely N-dealkylation sites (tertiary alicyclic amines) is 1. The maximum absolute atomic E-state index is 13.0. The Kier molecular flexibility index (Phi) is 3.38. The van der Waals surface area contributed by atoms with Crippen molar-refractivity contribution in [2.75, 3.05) is 13.1 Å². The van der Waals surface area contributed by atoms with Gasteiger partial charge >= 0.3 is 0 Å². The van der Waals surface area contributed by atoms with E-state index in [4.69, 9.17) is 8.83 Å². The van der Waals surface area contributed by atoms with Crippen LogP contribution >= 0.6 is 0 Å². The standard InChI is InChI=1S/C20H18N2O4/c23-19-15(17-3-1-7-25-17)5-6-16-14-9-13(11-22(16)19)10-21(12-14)20(24)18-4-2-8-26-18/h1-8,13-14H,9-12H2. The number of piperidine rings is 1. The van der Waals surface area contributed by atoms with Gasteiger partial charge in [0.15, 0.2) is 5.76 Å². The van der Waals surface area contributed by atoms with Gasteiger partial charge in [0, 0.05) is 31.2 Å².